The van der Waals surface area contributed by atoms with Crippen molar-refractivity contribution in [2.24, 2.45) is 0 Å². The Morgan fingerprint density at radius 3 is 2.77 bits per heavy atom. The maximum atomic E-state index is 11.8. The molecule has 2 heterocycles. The number of hydrogen-bond acceptors (Lipinski definition) is 6. The maximum Gasteiger partial charge on any atom is 0.257 e. The quantitative estimate of drug-likeness (QED) is 0.753. The highest BCUT2D eigenvalue weighted by atomic mass is 16.5. The first-order valence-corrected chi connectivity index (χ1v) is 7.06. The highest BCUT2D eigenvalue weighted by Crippen LogP contribution is 2.18. The third-order valence-corrected chi connectivity index (χ3v) is 2.64. The van der Waals surface area contributed by atoms with E-state index < -0.39 is 0 Å². The van der Waals surface area contributed by atoms with E-state index in [1.54, 1.807) is 30.7 Å². The number of pyridine rings is 1. The molecule has 0 aliphatic carbocycles. The van der Waals surface area contributed by atoms with E-state index in [9.17, 15) is 4.79 Å². The van der Waals surface area contributed by atoms with Crippen LogP contribution in [0.4, 0.5) is 5.82 Å². The molecule has 7 nitrogen and oxygen atoms in total. The summed E-state index contributed by atoms with van der Waals surface area (Å²) in [6.07, 6.45) is 6.34. The predicted octanol–water partition coefficient (Wildman–Crippen LogP) is 1.50. The Bertz CT molecular complexity index is 604. The fourth-order valence-corrected chi connectivity index (χ4v) is 1.71. The maximum absolute atomic E-state index is 11.8. The van der Waals surface area contributed by atoms with Crippen molar-refractivity contribution in [3.8, 4) is 5.88 Å². The van der Waals surface area contributed by atoms with Crippen LogP contribution in [0.2, 0.25) is 0 Å². The van der Waals surface area contributed by atoms with Crippen LogP contribution in [-0.4, -0.2) is 40.1 Å². The molecule has 116 valence electrons. The van der Waals surface area contributed by atoms with Crippen molar-refractivity contribution in [3.63, 3.8) is 0 Å². The molecule has 0 fully saturated rings. The molecule has 0 atom stereocenters. The first-order chi connectivity index (χ1) is 10.7. The lowest BCUT2D eigenvalue weighted by Crippen LogP contribution is -2.29. The van der Waals surface area contributed by atoms with Crippen LogP contribution >= 0.6 is 0 Å². The molecule has 0 bridgehead atoms. The van der Waals surface area contributed by atoms with E-state index in [1.807, 2.05) is 13.8 Å². The Balaban J connectivity index is 1.81. The first-order valence-electron chi connectivity index (χ1n) is 7.06. The van der Waals surface area contributed by atoms with E-state index in [4.69, 9.17) is 4.74 Å². The summed E-state index contributed by atoms with van der Waals surface area (Å²) in [7, 11) is 0. The van der Waals surface area contributed by atoms with Gasteiger partial charge in [-0.25, -0.2) is 9.97 Å². The Morgan fingerprint density at radius 1 is 1.23 bits per heavy atom. The summed E-state index contributed by atoms with van der Waals surface area (Å²) < 4.78 is 5.56. The topological polar surface area (TPSA) is 89.0 Å². The van der Waals surface area contributed by atoms with Crippen molar-refractivity contribution in [2.75, 3.05) is 18.4 Å². The number of rotatable bonds is 7. The van der Waals surface area contributed by atoms with Crippen molar-refractivity contribution < 1.29 is 9.53 Å². The number of carbonyl (C=O) groups is 1. The molecule has 0 aliphatic heterocycles. The summed E-state index contributed by atoms with van der Waals surface area (Å²) in [4.78, 5) is 24.1. The molecule has 0 saturated heterocycles. The van der Waals surface area contributed by atoms with Gasteiger partial charge in [-0.2, -0.15) is 0 Å². The fraction of sp³-hybridized carbons (Fsp3) is 0.333. The Labute approximate surface area is 129 Å². The molecule has 0 unspecified atom stereocenters. The number of carbonyl (C=O) groups excluding carboxylic acids is 1. The zero-order valence-electron chi connectivity index (χ0n) is 12.6. The van der Waals surface area contributed by atoms with Gasteiger partial charge in [0.15, 0.2) is 5.82 Å². The minimum atomic E-state index is -0.160. The van der Waals surface area contributed by atoms with Crippen LogP contribution in [0, 0.1) is 0 Å². The lowest BCUT2D eigenvalue weighted by Gasteiger charge is -2.13. The molecule has 1 amide bonds. The number of hydrogen-bond donors (Lipinski definition) is 2. The normalized spacial score (nSPS) is 10.3. The van der Waals surface area contributed by atoms with Crippen LogP contribution in [0.5, 0.6) is 5.88 Å². The second-order valence-electron chi connectivity index (χ2n) is 4.80. The standard InChI is InChI=1S/C15H19N5O2/c1-11(2)22-15-13(18-7-9-20-15)17-6-8-19-14(21)12-4-3-5-16-10-12/h3-5,7,9-11H,6,8H2,1-2H3,(H,17,18)(H,19,21). The third-order valence-electron chi connectivity index (χ3n) is 2.64. The van der Waals surface area contributed by atoms with Gasteiger partial charge in [0.2, 0.25) is 0 Å². The van der Waals surface area contributed by atoms with Gasteiger partial charge in [-0.15, -0.1) is 0 Å². The van der Waals surface area contributed by atoms with Gasteiger partial charge in [0.1, 0.15) is 0 Å². The Hall–Kier alpha value is -2.70. The average molecular weight is 301 g/mol. The molecule has 22 heavy (non-hydrogen) atoms. The predicted molar refractivity (Wildman–Crippen MR) is 82.9 cm³/mol. The molecule has 0 aliphatic rings. The summed E-state index contributed by atoms with van der Waals surface area (Å²) in [5.41, 5.74) is 0.533. The molecule has 2 aromatic heterocycles. The Morgan fingerprint density at radius 2 is 2.05 bits per heavy atom. The van der Waals surface area contributed by atoms with Crippen LogP contribution in [0.25, 0.3) is 0 Å². The molecule has 0 radical (unpaired) electrons. The van der Waals surface area contributed by atoms with Gasteiger partial charge in [0.25, 0.3) is 11.8 Å². The monoisotopic (exact) mass is 301 g/mol. The number of aromatic nitrogens is 3. The highest BCUT2D eigenvalue weighted by Gasteiger charge is 2.08. The second-order valence-corrected chi connectivity index (χ2v) is 4.80. The van der Waals surface area contributed by atoms with Crippen LogP contribution in [0.15, 0.2) is 36.9 Å². The molecule has 0 saturated carbocycles. The number of ether oxygens (including phenoxy) is 1. The molecule has 2 N–H and O–H groups in total. The molecule has 0 aromatic carbocycles. The molecular formula is C15H19N5O2. The van der Waals surface area contributed by atoms with Crippen molar-refractivity contribution in [2.45, 2.75) is 20.0 Å². The lowest BCUT2D eigenvalue weighted by atomic mass is 10.3. The summed E-state index contributed by atoms with van der Waals surface area (Å²) in [6.45, 7) is 4.81. The summed E-state index contributed by atoms with van der Waals surface area (Å²) in [6, 6.07) is 3.44. The molecular weight excluding hydrogens is 282 g/mol. The van der Waals surface area contributed by atoms with Gasteiger partial charge < -0.3 is 15.4 Å². The highest BCUT2D eigenvalue weighted by molar-refractivity contribution is 5.93. The summed E-state index contributed by atoms with van der Waals surface area (Å²) in [5, 5.41) is 5.90. The molecule has 2 aromatic rings. The first kappa shape index (κ1) is 15.7. The summed E-state index contributed by atoms with van der Waals surface area (Å²) >= 11 is 0. The van der Waals surface area contributed by atoms with E-state index >= 15 is 0 Å². The largest absolute Gasteiger partial charge is 0.472 e. The van der Waals surface area contributed by atoms with E-state index in [0.717, 1.165) is 0 Å². The minimum absolute atomic E-state index is 0.0162. The van der Waals surface area contributed by atoms with Gasteiger partial charge >= 0.3 is 0 Å². The lowest BCUT2D eigenvalue weighted by molar-refractivity contribution is 0.0955. The van der Waals surface area contributed by atoms with E-state index in [2.05, 4.69) is 25.6 Å². The molecule has 2 rings (SSSR count). The molecule has 0 spiro atoms. The van der Waals surface area contributed by atoms with Gasteiger partial charge in [0, 0.05) is 37.9 Å². The number of amides is 1. The number of nitrogens with one attached hydrogen (secondary N) is 2. The van der Waals surface area contributed by atoms with Crippen molar-refractivity contribution in [3.05, 3.63) is 42.5 Å². The van der Waals surface area contributed by atoms with Gasteiger partial charge in [0.05, 0.1) is 11.7 Å². The summed E-state index contributed by atoms with van der Waals surface area (Å²) in [5.74, 6) is 0.857. The van der Waals surface area contributed by atoms with Crippen molar-refractivity contribution in [1.29, 1.82) is 0 Å². The van der Waals surface area contributed by atoms with E-state index in [-0.39, 0.29) is 12.0 Å². The van der Waals surface area contributed by atoms with Crippen LogP contribution in [0.1, 0.15) is 24.2 Å². The number of nitrogens with zero attached hydrogens (tertiary/aromatic N) is 3. The van der Waals surface area contributed by atoms with E-state index in [1.165, 1.54) is 6.20 Å². The van der Waals surface area contributed by atoms with Crippen LogP contribution in [0.3, 0.4) is 0 Å². The van der Waals surface area contributed by atoms with Crippen LogP contribution < -0.4 is 15.4 Å². The SMILES string of the molecule is CC(C)Oc1nccnc1NCCNC(=O)c1cccnc1. The smallest absolute Gasteiger partial charge is 0.257 e. The van der Waals surface area contributed by atoms with Crippen molar-refractivity contribution in [1.82, 2.24) is 20.3 Å². The van der Waals surface area contributed by atoms with Crippen LogP contribution in [-0.2, 0) is 0 Å². The average Bonchev–Trinajstić information content (AvgIpc) is 2.53. The zero-order chi connectivity index (χ0) is 15.8. The second kappa shape index (κ2) is 7.92. The number of anilines is 1. The van der Waals surface area contributed by atoms with Gasteiger partial charge in [-0.05, 0) is 26.0 Å². The van der Waals surface area contributed by atoms with Gasteiger partial charge in [-0.3, -0.25) is 9.78 Å². The Kier molecular flexibility index (Phi) is 5.65. The van der Waals surface area contributed by atoms with Gasteiger partial charge in [-0.1, -0.05) is 0 Å². The fourth-order valence-electron chi connectivity index (χ4n) is 1.71. The van der Waals surface area contributed by atoms with E-state index in [0.29, 0.717) is 30.4 Å². The minimum Gasteiger partial charge on any atom is -0.472 e. The third kappa shape index (κ3) is 4.69. The molecule has 7 heteroatoms. The van der Waals surface area contributed by atoms with Crippen molar-refractivity contribution >= 4 is 11.7 Å². The zero-order valence-corrected chi connectivity index (χ0v) is 12.6.